The average Bonchev–Trinajstić information content (AvgIpc) is 3.05. The molecule has 2 aromatic rings. The van der Waals surface area contributed by atoms with Crippen LogP contribution in [0.15, 0.2) is 18.2 Å². The van der Waals surface area contributed by atoms with E-state index in [1.54, 1.807) is 7.05 Å². The minimum atomic E-state index is -0.304. The summed E-state index contributed by atoms with van der Waals surface area (Å²) in [6.07, 6.45) is 4.80. The Labute approximate surface area is 184 Å². The number of hydrogen-bond donors (Lipinski definition) is 3. The number of benzene rings is 1. The Bertz CT molecular complexity index is 944. The smallest absolute Gasteiger partial charge is 0.229 e. The molecular weight excluding hydrogens is 393 g/mol. The number of fused-ring (bicyclic) bond motifs is 1. The Balaban J connectivity index is 0.00000132. The first kappa shape index (κ1) is 23.0. The fourth-order valence-electron chi connectivity index (χ4n) is 3.96. The molecule has 7 heteroatoms. The van der Waals surface area contributed by atoms with Crippen LogP contribution in [0, 0.1) is 12.7 Å². The maximum atomic E-state index is 15.8. The van der Waals surface area contributed by atoms with Crippen molar-refractivity contribution >= 4 is 23.0 Å². The van der Waals surface area contributed by atoms with Gasteiger partial charge in [-0.25, -0.2) is 9.37 Å². The fourth-order valence-corrected chi connectivity index (χ4v) is 3.96. The largest absolute Gasteiger partial charge is 0.493 e. The molecule has 31 heavy (non-hydrogen) atoms. The first-order chi connectivity index (χ1) is 15.1. The summed E-state index contributed by atoms with van der Waals surface area (Å²) < 4.78 is 21.8. The number of anilines is 3. The lowest BCUT2D eigenvalue weighted by Crippen LogP contribution is -2.16. The van der Waals surface area contributed by atoms with Crippen LogP contribution in [0.25, 0.3) is 5.57 Å². The third kappa shape index (κ3) is 5.15. The summed E-state index contributed by atoms with van der Waals surface area (Å²) in [5.41, 5.74) is 3.82. The van der Waals surface area contributed by atoms with E-state index in [1.165, 1.54) is 0 Å². The lowest BCUT2D eigenvalue weighted by atomic mass is 9.88. The number of ether oxygens (including phenoxy) is 1. The first-order valence-corrected chi connectivity index (χ1v) is 11.3. The number of aromatic nitrogens is 2. The number of halogens is 1. The summed E-state index contributed by atoms with van der Waals surface area (Å²) in [6, 6.07) is 3.71. The molecule has 0 spiro atoms. The van der Waals surface area contributed by atoms with Gasteiger partial charge in [0.2, 0.25) is 5.95 Å². The number of hydrogen-bond acceptors (Lipinski definition) is 6. The van der Waals surface area contributed by atoms with Crippen LogP contribution in [0.2, 0.25) is 0 Å². The molecule has 2 aliphatic heterocycles. The second-order valence-corrected chi connectivity index (χ2v) is 7.70. The fraction of sp³-hybridized carbons (Fsp3) is 0.500. The van der Waals surface area contributed by atoms with E-state index in [0.717, 1.165) is 49.2 Å². The summed E-state index contributed by atoms with van der Waals surface area (Å²) >= 11 is 0. The summed E-state index contributed by atoms with van der Waals surface area (Å²) in [4.78, 5) is 8.84. The van der Waals surface area contributed by atoms with E-state index in [0.29, 0.717) is 41.3 Å². The van der Waals surface area contributed by atoms with Crippen molar-refractivity contribution in [3.63, 3.8) is 0 Å². The molecule has 0 aliphatic carbocycles. The van der Waals surface area contributed by atoms with Crippen LogP contribution in [-0.2, 0) is 0 Å². The van der Waals surface area contributed by atoms with E-state index in [-0.39, 0.29) is 5.82 Å². The van der Waals surface area contributed by atoms with Gasteiger partial charge in [-0.3, -0.25) is 0 Å². The minimum absolute atomic E-state index is 0.300. The highest BCUT2D eigenvalue weighted by Gasteiger charge is 2.28. The Morgan fingerprint density at radius 2 is 2.03 bits per heavy atom. The molecule has 0 amide bonds. The average molecular weight is 428 g/mol. The summed E-state index contributed by atoms with van der Waals surface area (Å²) in [6.45, 7) is 10.3. The molecule has 6 nitrogen and oxygen atoms in total. The number of rotatable bonds is 4. The summed E-state index contributed by atoms with van der Waals surface area (Å²) in [7, 11) is 1.80. The van der Waals surface area contributed by atoms with Crippen molar-refractivity contribution in [1.29, 1.82) is 0 Å². The van der Waals surface area contributed by atoms with E-state index >= 15 is 4.39 Å². The Hall–Kier alpha value is -2.67. The van der Waals surface area contributed by atoms with Crippen molar-refractivity contribution in [3.8, 4) is 5.75 Å². The van der Waals surface area contributed by atoms with Gasteiger partial charge in [0.05, 0.1) is 17.9 Å². The molecule has 3 N–H and O–H groups in total. The zero-order chi connectivity index (χ0) is 22.4. The van der Waals surface area contributed by atoms with Crippen LogP contribution in [0.1, 0.15) is 62.8 Å². The molecule has 1 atom stereocenters. The molecule has 1 aromatic heterocycles. The van der Waals surface area contributed by atoms with Crippen LogP contribution >= 0.6 is 0 Å². The molecule has 0 saturated heterocycles. The SMILES string of the molecule is CC.CNc1cc(C)nc(Nc2cc3c(c(C4=CCNCCC4)c2F)OCCC3C)n1. The normalized spacial score (nSPS) is 17.9. The minimum Gasteiger partial charge on any atom is -0.493 e. The van der Waals surface area contributed by atoms with E-state index in [4.69, 9.17) is 4.74 Å². The number of aryl methyl sites for hydroxylation is 1. The highest BCUT2D eigenvalue weighted by atomic mass is 19.1. The van der Waals surface area contributed by atoms with Gasteiger partial charge in [0, 0.05) is 25.4 Å². The molecule has 2 aliphatic rings. The first-order valence-electron chi connectivity index (χ1n) is 11.3. The topological polar surface area (TPSA) is 71.1 Å². The van der Waals surface area contributed by atoms with Crippen molar-refractivity contribution in [3.05, 3.63) is 40.8 Å². The molecule has 3 heterocycles. The molecule has 0 bridgehead atoms. The van der Waals surface area contributed by atoms with Crippen LogP contribution in [0.5, 0.6) is 5.75 Å². The maximum absolute atomic E-state index is 15.8. The van der Waals surface area contributed by atoms with Gasteiger partial charge >= 0.3 is 0 Å². The van der Waals surface area contributed by atoms with Gasteiger partial charge in [-0.1, -0.05) is 26.8 Å². The van der Waals surface area contributed by atoms with E-state index < -0.39 is 0 Å². The van der Waals surface area contributed by atoms with E-state index in [9.17, 15) is 0 Å². The Morgan fingerprint density at radius 1 is 1.23 bits per heavy atom. The highest BCUT2D eigenvalue weighted by molar-refractivity contribution is 5.78. The monoisotopic (exact) mass is 427 g/mol. The number of allylic oxidation sites excluding steroid dienone is 1. The molecule has 1 aromatic carbocycles. The van der Waals surface area contributed by atoms with Gasteiger partial charge in [-0.15, -0.1) is 0 Å². The van der Waals surface area contributed by atoms with Gasteiger partial charge < -0.3 is 20.7 Å². The molecular formula is C24H34FN5O. The molecule has 4 rings (SSSR count). The number of nitrogens with zero attached hydrogens (tertiary/aromatic N) is 2. The van der Waals surface area contributed by atoms with Crippen LogP contribution in [0.4, 0.5) is 21.8 Å². The zero-order valence-electron chi connectivity index (χ0n) is 19.2. The Morgan fingerprint density at radius 3 is 2.81 bits per heavy atom. The van der Waals surface area contributed by atoms with Crippen molar-refractivity contribution in [2.45, 2.75) is 52.9 Å². The molecule has 1 unspecified atom stereocenters. The third-order valence-corrected chi connectivity index (χ3v) is 5.54. The van der Waals surface area contributed by atoms with Crippen molar-refractivity contribution in [2.75, 3.05) is 37.4 Å². The standard InChI is InChI=1S/C22H28FN5O.C2H6/c1-13-7-10-29-21-16(13)12-17(27-22-26-14(2)11-18(24-3)28-22)20(23)19(21)15-5-4-8-25-9-6-15;1-2/h6,11-13,25H,4-5,7-10H2,1-3H3,(H2,24,26,27,28);1-2H3. The second kappa shape index (κ2) is 10.6. The molecule has 0 radical (unpaired) electrons. The summed E-state index contributed by atoms with van der Waals surface area (Å²) in [5, 5.41) is 9.48. The second-order valence-electron chi connectivity index (χ2n) is 7.70. The third-order valence-electron chi connectivity index (χ3n) is 5.54. The van der Waals surface area contributed by atoms with Crippen LogP contribution in [0.3, 0.4) is 0 Å². The van der Waals surface area contributed by atoms with Crippen molar-refractivity contribution < 1.29 is 9.13 Å². The van der Waals surface area contributed by atoms with Gasteiger partial charge in [0.25, 0.3) is 0 Å². The molecule has 0 fully saturated rings. The van der Waals surface area contributed by atoms with Gasteiger partial charge in [-0.05, 0) is 55.9 Å². The highest BCUT2D eigenvalue weighted by Crippen LogP contribution is 2.44. The van der Waals surface area contributed by atoms with Gasteiger partial charge in [0.15, 0.2) is 5.82 Å². The quantitative estimate of drug-likeness (QED) is 0.608. The van der Waals surface area contributed by atoms with Crippen LogP contribution in [-0.4, -0.2) is 36.7 Å². The van der Waals surface area contributed by atoms with Gasteiger partial charge in [0.1, 0.15) is 11.6 Å². The van der Waals surface area contributed by atoms with Gasteiger partial charge in [-0.2, -0.15) is 4.98 Å². The van der Waals surface area contributed by atoms with Crippen molar-refractivity contribution in [2.24, 2.45) is 0 Å². The molecule has 168 valence electrons. The van der Waals surface area contributed by atoms with E-state index in [2.05, 4.69) is 38.9 Å². The zero-order valence-corrected chi connectivity index (χ0v) is 19.2. The predicted octanol–water partition coefficient (Wildman–Crippen LogP) is 5.39. The Kier molecular flexibility index (Phi) is 7.85. The lowest BCUT2D eigenvalue weighted by molar-refractivity contribution is 0.270. The lowest BCUT2D eigenvalue weighted by Gasteiger charge is -2.28. The maximum Gasteiger partial charge on any atom is 0.229 e. The van der Waals surface area contributed by atoms with E-state index in [1.807, 2.05) is 32.9 Å². The summed E-state index contributed by atoms with van der Waals surface area (Å²) in [5.74, 6) is 1.76. The van der Waals surface area contributed by atoms with Crippen LogP contribution < -0.4 is 20.7 Å². The number of nitrogens with one attached hydrogen (secondary N) is 3. The predicted molar refractivity (Wildman–Crippen MR) is 126 cm³/mol. The molecule has 0 saturated carbocycles. The van der Waals surface area contributed by atoms with Crippen molar-refractivity contribution in [1.82, 2.24) is 15.3 Å².